The van der Waals surface area contributed by atoms with Crippen molar-refractivity contribution in [2.24, 2.45) is 0 Å². The van der Waals surface area contributed by atoms with Crippen molar-refractivity contribution in [1.29, 1.82) is 0 Å². The minimum Gasteiger partial charge on any atom is -0.491 e. The predicted molar refractivity (Wildman–Crippen MR) is 102 cm³/mol. The molecule has 1 fully saturated rings. The number of likely N-dealkylation sites (N-methyl/N-ethyl adjacent to an activating group) is 1. The molecule has 1 aliphatic heterocycles. The molecule has 1 unspecified atom stereocenters. The highest BCUT2D eigenvalue weighted by molar-refractivity contribution is 5.76. The summed E-state index contributed by atoms with van der Waals surface area (Å²) < 4.78 is 5.92. The third-order valence-corrected chi connectivity index (χ3v) is 4.86. The van der Waals surface area contributed by atoms with Crippen LogP contribution < -0.4 is 10.1 Å². The lowest BCUT2D eigenvalue weighted by Crippen LogP contribution is -2.47. The van der Waals surface area contributed by atoms with Crippen molar-refractivity contribution in [3.05, 3.63) is 29.3 Å². The Hall–Kier alpha value is -1.59. The van der Waals surface area contributed by atoms with E-state index in [0.717, 1.165) is 56.1 Å². The quantitative estimate of drug-likeness (QED) is 0.783. The Morgan fingerprint density at radius 1 is 1.16 bits per heavy atom. The number of carbonyl (C=O) groups is 1. The molecule has 1 amide bonds. The second-order valence-electron chi connectivity index (χ2n) is 7.03. The van der Waals surface area contributed by atoms with Crippen molar-refractivity contribution >= 4 is 5.91 Å². The summed E-state index contributed by atoms with van der Waals surface area (Å²) in [7, 11) is 0. The van der Waals surface area contributed by atoms with Crippen LogP contribution in [0.25, 0.3) is 0 Å². The highest BCUT2D eigenvalue weighted by Crippen LogP contribution is 2.22. The summed E-state index contributed by atoms with van der Waals surface area (Å²) in [5.74, 6) is 1.04. The van der Waals surface area contributed by atoms with Crippen LogP contribution in [0.5, 0.6) is 5.75 Å². The van der Waals surface area contributed by atoms with Crippen LogP contribution in [-0.2, 0) is 4.79 Å². The number of aryl methyl sites for hydroxylation is 2. The minimum absolute atomic E-state index is 0.00319. The number of rotatable bonds is 8. The molecule has 0 saturated carbocycles. The normalized spacial score (nSPS) is 17.3. The van der Waals surface area contributed by atoms with E-state index in [2.05, 4.69) is 22.0 Å². The Morgan fingerprint density at radius 2 is 1.76 bits per heavy atom. The summed E-state index contributed by atoms with van der Waals surface area (Å²) in [6.45, 7) is 15.1. The topological polar surface area (TPSA) is 44.8 Å². The summed E-state index contributed by atoms with van der Waals surface area (Å²) in [4.78, 5) is 17.0. The van der Waals surface area contributed by atoms with Crippen molar-refractivity contribution < 1.29 is 9.53 Å². The van der Waals surface area contributed by atoms with Crippen molar-refractivity contribution in [2.75, 3.05) is 45.9 Å². The zero-order valence-corrected chi connectivity index (χ0v) is 16.2. The number of hydrogen-bond acceptors (Lipinski definition) is 4. The third-order valence-electron chi connectivity index (χ3n) is 4.86. The van der Waals surface area contributed by atoms with Crippen LogP contribution in [0.15, 0.2) is 18.2 Å². The summed E-state index contributed by atoms with van der Waals surface area (Å²) in [5.41, 5.74) is 2.26. The lowest BCUT2D eigenvalue weighted by Gasteiger charge is -2.33. The molecule has 0 aliphatic carbocycles. The molecule has 1 heterocycles. The number of hydrogen-bond donors (Lipinski definition) is 1. The number of ether oxygens (including phenoxy) is 1. The van der Waals surface area contributed by atoms with Crippen LogP contribution >= 0.6 is 0 Å². The standard InChI is InChI=1S/C20H33N3O2/c1-5-22-11-13-23(14-12-22)10-9-19(24)21-18(4)15-25-20-16(2)7-6-8-17(20)3/h6-8,18H,5,9-15H2,1-4H3,(H,21,24). The number of amides is 1. The molecular weight excluding hydrogens is 314 g/mol. The van der Waals surface area contributed by atoms with Gasteiger partial charge >= 0.3 is 0 Å². The number of benzene rings is 1. The molecule has 0 radical (unpaired) electrons. The van der Waals surface area contributed by atoms with Gasteiger partial charge in [0, 0.05) is 39.1 Å². The molecule has 0 bridgehead atoms. The molecule has 0 aromatic heterocycles. The van der Waals surface area contributed by atoms with Gasteiger partial charge in [-0.3, -0.25) is 4.79 Å². The van der Waals surface area contributed by atoms with Gasteiger partial charge in [-0.1, -0.05) is 25.1 Å². The minimum atomic E-state index is 0.00319. The van der Waals surface area contributed by atoms with E-state index in [1.165, 1.54) is 0 Å². The van der Waals surface area contributed by atoms with E-state index in [4.69, 9.17) is 4.74 Å². The summed E-state index contributed by atoms with van der Waals surface area (Å²) in [6.07, 6.45) is 0.555. The molecule has 1 aromatic rings. The molecule has 1 atom stereocenters. The molecule has 140 valence electrons. The first kappa shape index (κ1) is 19.7. The molecule has 2 rings (SSSR count). The second kappa shape index (κ2) is 9.78. The molecule has 0 spiro atoms. The van der Waals surface area contributed by atoms with Gasteiger partial charge in [-0.25, -0.2) is 0 Å². The number of para-hydroxylation sites is 1. The highest BCUT2D eigenvalue weighted by atomic mass is 16.5. The lowest BCUT2D eigenvalue weighted by atomic mass is 10.1. The summed E-state index contributed by atoms with van der Waals surface area (Å²) in [5, 5.41) is 3.05. The van der Waals surface area contributed by atoms with Crippen LogP contribution in [0.2, 0.25) is 0 Å². The smallest absolute Gasteiger partial charge is 0.221 e. The van der Waals surface area contributed by atoms with Gasteiger partial charge in [-0.15, -0.1) is 0 Å². The Labute approximate surface area is 152 Å². The maximum atomic E-state index is 12.2. The average Bonchev–Trinajstić information content (AvgIpc) is 2.60. The predicted octanol–water partition coefficient (Wildman–Crippen LogP) is 2.21. The van der Waals surface area contributed by atoms with Gasteiger partial charge in [0.1, 0.15) is 12.4 Å². The van der Waals surface area contributed by atoms with E-state index in [0.29, 0.717) is 13.0 Å². The van der Waals surface area contributed by atoms with Crippen LogP contribution in [0.4, 0.5) is 0 Å². The number of piperazine rings is 1. The van der Waals surface area contributed by atoms with Gasteiger partial charge in [0.05, 0.1) is 6.04 Å². The first-order valence-electron chi connectivity index (χ1n) is 9.42. The van der Waals surface area contributed by atoms with E-state index in [1.54, 1.807) is 0 Å². The van der Waals surface area contributed by atoms with Crippen molar-refractivity contribution in [1.82, 2.24) is 15.1 Å². The lowest BCUT2D eigenvalue weighted by molar-refractivity contribution is -0.122. The van der Waals surface area contributed by atoms with E-state index in [1.807, 2.05) is 39.0 Å². The molecule has 5 heteroatoms. The van der Waals surface area contributed by atoms with Crippen molar-refractivity contribution in [2.45, 2.75) is 40.2 Å². The Balaban J connectivity index is 1.66. The van der Waals surface area contributed by atoms with E-state index in [-0.39, 0.29) is 11.9 Å². The fourth-order valence-corrected chi connectivity index (χ4v) is 3.21. The number of nitrogens with one attached hydrogen (secondary N) is 1. The molecule has 1 saturated heterocycles. The maximum Gasteiger partial charge on any atom is 0.221 e. The van der Waals surface area contributed by atoms with E-state index < -0.39 is 0 Å². The van der Waals surface area contributed by atoms with Gasteiger partial charge < -0.3 is 19.9 Å². The van der Waals surface area contributed by atoms with Crippen molar-refractivity contribution in [3.8, 4) is 5.75 Å². The first-order chi connectivity index (χ1) is 12.0. The SMILES string of the molecule is CCN1CCN(CCC(=O)NC(C)COc2c(C)cccc2C)CC1. The first-order valence-corrected chi connectivity index (χ1v) is 9.42. The second-order valence-corrected chi connectivity index (χ2v) is 7.03. The maximum absolute atomic E-state index is 12.2. The largest absolute Gasteiger partial charge is 0.491 e. The van der Waals surface area contributed by atoms with E-state index in [9.17, 15) is 4.79 Å². The zero-order valence-electron chi connectivity index (χ0n) is 16.2. The number of nitrogens with zero attached hydrogens (tertiary/aromatic N) is 2. The molecule has 1 aromatic carbocycles. The molecule has 5 nitrogen and oxygen atoms in total. The summed E-state index contributed by atoms with van der Waals surface area (Å²) >= 11 is 0. The van der Waals surface area contributed by atoms with Crippen molar-refractivity contribution in [3.63, 3.8) is 0 Å². The van der Waals surface area contributed by atoms with E-state index >= 15 is 0 Å². The molecule has 25 heavy (non-hydrogen) atoms. The zero-order chi connectivity index (χ0) is 18.2. The van der Waals surface area contributed by atoms with Gasteiger partial charge in [-0.2, -0.15) is 0 Å². The fourth-order valence-electron chi connectivity index (χ4n) is 3.21. The number of carbonyl (C=O) groups excluding carboxylic acids is 1. The fraction of sp³-hybridized carbons (Fsp3) is 0.650. The molecule has 1 N–H and O–H groups in total. The van der Waals surface area contributed by atoms with Gasteiger partial charge in [0.2, 0.25) is 5.91 Å². The Kier molecular flexibility index (Phi) is 7.72. The average molecular weight is 348 g/mol. The van der Waals surface area contributed by atoms with Gasteiger partial charge in [0.25, 0.3) is 0 Å². The van der Waals surface area contributed by atoms with Crippen LogP contribution in [-0.4, -0.2) is 67.6 Å². The monoisotopic (exact) mass is 347 g/mol. The van der Waals surface area contributed by atoms with Crippen LogP contribution in [0.3, 0.4) is 0 Å². The van der Waals surface area contributed by atoms with Gasteiger partial charge in [-0.05, 0) is 38.4 Å². The van der Waals surface area contributed by atoms with Crippen LogP contribution in [0.1, 0.15) is 31.4 Å². The Morgan fingerprint density at radius 3 is 2.36 bits per heavy atom. The molecule has 1 aliphatic rings. The van der Waals surface area contributed by atoms with Crippen LogP contribution in [0, 0.1) is 13.8 Å². The highest BCUT2D eigenvalue weighted by Gasteiger charge is 2.17. The third kappa shape index (κ3) is 6.33. The summed E-state index contributed by atoms with van der Waals surface area (Å²) in [6, 6.07) is 6.13. The molecular formula is C20H33N3O2. The Bertz CT molecular complexity index is 534. The van der Waals surface area contributed by atoms with Gasteiger partial charge in [0.15, 0.2) is 0 Å².